The Hall–Kier alpha value is -2.61. The zero-order chi connectivity index (χ0) is 23.6. The average molecular weight is 467 g/mol. The van der Waals surface area contributed by atoms with E-state index in [9.17, 15) is 9.50 Å². The molecule has 4 rings (SSSR count). The highest BCUT2D eigenvalue weighted by atomic mass is 19.1. The fourth-order valence-corrected chi connectivity index (χ4v) is 4.15. The molecule has 0 amide bonds. The number of hydrogen-bond donors (Lipinski definition) is 1. The summed E-state index contributed by atoms with van der Waals surface area (Å²) in [5, 5.41) is 10.0. The molecule has 3 aromatic rings. The molecule has 34 heavy (non-hydrogen) atoms. The number of hydrogen-bond acceptors (Lipinski definition) is 5. The van der Waals surface area contributed by atoms with Gasteiger partial charge in [0.15, 0.2) is 0 Å². The Morgan fingerprint density at radius 2 is 0.971 bits per heavy atom. The highest BCUT2D eigenvalue weighted by molar-refractivity contribution is 5.15. The van der Waals surface area contributed by atoms with Gasteiger partial charge in [-0.3, -0.25) is 0 Å². The molecule has 1 fully saturated rings. The Bertz CT molecular complexity index is 899. The van der Waals surface area contributed by atoms with E-state index in [0.717, 1.165) is 16.7 Å². The molecule has 0 aliphatic carbocycles. The Kier molecular flexibility index (Phi) is 9.19. The summed E-state index contributed by atoms with van der Waals surface area (Å²) in [5.41, 5.74) is 2.93. The molecule has 5 atom stereocenters. The van der Waals surface area contributed by atoms with E-state index >= 15 is 0 Å². The first-order valence-corrected chi connectivity index (χ1v) is 11.6. The zero-order valence-electron chi connectivity index (χ0n) is 19.0. The Labute approximate surface area is 200 Å². The van der Waals surface area contributed by atoms with Crippen LogP contribution in [0.2, 0.25) is 0 Å². The highest BCUT2D eigenvalue weighted by Crippen LogP contribution is 2.30. The van der Waals surface area contributed by atoms with Gasteiger partial charge in [0.1, 0.15) is 37.2 Å². The topological polar surface area (TPSA) is 57.2 Å². The normalized spacial score (nSPS) is 24.7. The number of ether oxygens (including phenoxy) is 4. The van der Waals surface area contributed by atoms with Crippen molar-refractivity contribution >= 4 is 0 Å². The van der Waals surface area contributed by atoms with E-state index in [2.05, 4.69) is 0 Å². The van der Waals surface area contributed by atoms with Crippen molar-refractivity contribution < 1.29 is 28.4 Å². The van der Waals surface area contributed by atoms with Gasteiger partial charge in [0.25, 0.3) is 0 Å². The molecule has 6 heteroatoms. The number of alkyl halides is 1. The molecule has 0 radical (unpaired) electrons. The third-order valence-corrected chi connectivity index (χ3v) is 5.92. The molecule has 0 spiro atoms. The Balaban J connectivity index is 1.56. The van der Waals surface area contributed by atoms with E-state index in [0.29, 0.717) is 13.2 Å². The van der Waals surface area contributed by atoms with Crippen molar-refractivity contribution in [3.8, 4) is 0 Å². The Morgan fingerprint density at radius 3 is 1.35 bits per heavy atom. The number of benzene rings is 3. The summed E-state index contributed by atoms with van der Waals surface area (Å²) in [4.78, 5) is 0. The first kappa shape index (κ1) is 24.5. The summed E-state index contributed by atoms with van der Waals surface area (Å²) < 4.78 is 38.8. The van der Waals surface area contributed by atoms with Crippen molar-refractivity contribution in [2.75, 3.05) is 13.3 Å². The van der Waals surface area contributed by atoms with Crippen LogP contribution in [0.4, 0.5) is 4.39 Å². The van der Waals surface area contributed by atoms with Crippen molar-refractivity contribution in [2.24, 2.45) is 0 Å². The molecule has 5 nitrogen and oxygen atoms in total. The van der Waals surface area contributed by atoms with E-state index in [1.165, 1.54) is 0 Å². The fourth-order valence-electron chi connectivity index (χ4n) is 4.15. The van der Waals surface area contributed by atoms with Crippen LogP contribution in [0.1, 0.15) is 16.7 Å². The number of aliphatic hydroxyl groups excluding tert-OH is 1. The number of aliphatic hydroxyl groups is 1. The molecule has 1 heterocycles. The van der Waals surface area contributed by atoms with Crippen LogP contribution in [0.15, 0.2) is 91.0 Å². The molecule has 0 bridgehead atoms. The molecular formula is C28H31FO5. The lowest BCUT2D eigenvalue weighted by Crippen LogP contribution is -2.61. The Morgan fingerprint density at radius 1 is 0.588 bits per heavy atom. The molecule has 1 saturated heterocycles. The maximum atomic E-state index is 14.1. The molecule has 1 N–H and O–H groups in total. The lowest BCUT2D eigenvalue weighted by Gasteiger charge is -2.45. The van der Waals surface area contributed by atoms with Gasteiger partial charge < -0.3 is 24.1 Å². The second-order valence-corrected chi connectivity index (χ2v) is 8.33. The number of rotatable bonds is 11. The zero-order valence-corrected chi connectivity index (χ0v) is 19.0. The predicted molar refractivity (Wildman–Crippen MR) is 127 cm³/mol. The molecule has 3 aromatic carbocycles. The van der Waals surface area contributed by atoms with Crippen LogP contribution in [0.3, 0.4) is 0 Å². The van der Waals surface area contributed by atoms with Crippen LogP contribution in [-0.2, 0) is 38.8 Å². The summed E-state index contributed by atoms with van der Waals surface area (Å²) in [6.07, 6.45) is -3.60. The summed E-state index contributed by atoms with van der Waals surface area (Å²) >= 11 is 0. The molecule has 5 unspecified atom stereocenters. The van der Waals surface area contributed by atoms with Crippen molar-refractivity contribution in [3.05, 3.63) is 108 Å². The standard InChI is InChI=1S/C28H31FO5/c29-16-24-26(31-18-21-10-4-1-5-11-21)28(33-20-23-14-8-3-9-15-23)27(25(17-30)34-24)32-19-22-12-6-2-7-13-22/h1-15,24-28,30H,16-20H2. The van der Waals surface area contributed by atoms with Gasteiger partial charge in [-0.15, -0.1) is 0 Å². The van der Waals surface area contributed by atoms with Crippen molar-refractivity contribution in [3.63, 3.8) is 0 Å². The van der Waals surface area contributed by atoms with Crippen LogP contribution in [0.5, 0.6) is 0 Å². The largest absolute Gasteiger partial charge is 0.394 e. The molecule has 0 saturated carbocycles. The summed E-state index contributed by atoms with van der Waals surface area (Å²) in [5.74, 6) is 0. The van der Waals surface area contributed by atoms with Crippen molar-refractivity contribution in [1.29, 1.82) is 0 Å². The van der Waals surface area contributed by atoms with Crippen LogP contribution >= 0.6 is 0 Å². The van der Waals surface area contributed by atoms with Gasteiger partial charge in [0.05, 0.1) is 26.4 Å². The SMILES string of the molecule is OCC1OC(CF)C(OCc2ccccc2)C(OCc2ccccc2)C1OCc1ccccc1. The summed E-state index contributed by atoms with van der Waals surface area (Å²) in [6, 6.07) is 29.2. The van der Waals surface area contributed by atoms with Crippen LogP contribution in [-0.4, -0.2) is 48.9 Å². The quantitative estimate of drug-likeness (QED) is 0.452. The summed E-state index contributed by atoms with van der Waals surface area (Å²) in [6.45, 7) is -0.174. The van der Waals surface area contributed by atoms with Gasteiger partial charge in [0, 0.05) is 0 Å². The van der Waals surface area contributed by atoms with E-state index < -0.39 is 37.2 Å². The van der Waals surface area contributed by atoms with Crippen LogP contribution in [0.25, 0.3) is 0 Å². The predicted octanol–water partition coefficient (Wildman–Crippen LogP) is 4.47. The highest BCUT2D eigenvalue weighted by Gasteiger charge is 2.48. The second kappa shape index (κ2) is 12.7. The van der Waals surface area contributed by atoms with Crippen molar-refractivity contribution in [1.82, 2.24) is 0 Å². The minimum absolute atomic E-state index is 0.283. The monoisotopic (exact) mass is 466 g/mol. The van der Waals surface area contributed by atoms with Gasteiger partial charge in [-0.2, -0.15) is 0 Å². The van der Waals surface area contributed by atoms with E-state index in [1.807, 2.05) is 91.0 Å². The number of halogens is 1. The second-order valence-electron chi connectivity index (χ2n) is 8.33. The first-order chi connectivity index (χ1) is 16.8. The van der Waals surface area contributed by atoms with Crippen LogP contribution < -0.4 is 0 Å². The maximum Gasteiger partial charge on any atom is 0.118 e. The third kappa shape index (κ3) is 6.50. The van der Waals surface area contributed by atoms with Gasteiger partial charge in [0.2, 0.25) is 0 Å². The lowest BCUT2D eigenvalue weighted by atomic mass is 9.94. The van der Waals surface area contributed by atoms with E-state index in [1.54, 1.807) is 0 Å². The van der Waals surface area contributed by atoms with Crippen LogP contribution in [0, 0.1) is 0 Å². The fraction of sp³-hybridized carbons (Fsp3) is 0.357. The first-order valence-electron chi connectivity index (χ1n) is 11.6. The summed E-state index contributed by atoms with van der Waals surface area (Å²) in [7, 11) is 0. The third-order valence-electron chi connectivity index (χ3n) is 5.92. The van der Waals surface area contributed by atoms with E-state index in [4.69, 9.17) is 18.9 Å². The molecule has 180 valence electrons. The maximum absolute atomic E-state index is 14.1. The van der Waals surface area contributed by atoms with Gasteiger partial charge in [-0.1, -0.05) is 91.0 Å². The van der Waals surface area contributed by atoms with Gasteiger partial charge >= 0.3 is 0 Å². The molecule has 0 aromatic heterocycles. The van der Waals surface area contributed by atoms with Gasteiger partial charge in [-0.05, 0) is 16.7 Å². The van der Waals surface area contributed by atoms with Gasteiger partial charge in [-0.25, -0.2) is 4.39 Å². The molecule has 1 aliphatic heterocycles. The average Bonchev–Trinajstić information content (AvgIpc) is 2.91. The molecular weight excluding hydrogens is 435 g/mol. The smallest absolute Gasteiger partial charge is 0.118 e. The van der Waals surface area contributed by atoms with Crippen molar-refractivity contribution in [2.45, 2.75) is 50.3 Å². The molecule has 1 aliphatic rings. The minimum atomic E-state index is -0.877. The van der Waals surface area contributed by atoms with E-state index in [-0.39, 0.29) is 13.2 Å². The lowest BCUT2D eigenvalue weighted by molar-refractivity contribution is -0.271. The minimum Gasteiger partial charge on any atom is -0.394 e.